The number of aliphatic carboxylic acids is 1. The minimum atomic E-state index is -4.52. The maximum Gasteiger partial charge on any atom is 0.422 e. The monoisotopic (exact) mass is 335 g/mol. The minimum absolute atomic E-state index is 0.347. The van der Waals surface area contributed by atoms with Gasteiger partial charge in [0.25, 0.3) is 0 Å². The van der Waals surface area contributed by atoms with Gasteiger partial charge in [0.1, 0.15) is 0 Å². The Hall–Kier alpha value is -1.83. The van der Waals surface area contributed by atoms with Gasteiger partial charge in [-0.25, -0.2) is 4.39 Å². The number of ether oxygens (including phenoxy) is 1. The molecule has 1 aliphatic heterocycles. The fourth-order valence-electron chi connectivity index (χ4n) is 2.58. The van der Waals surface area contributed by atoms with Crippen LogP contribution in [0.3, 0.4) is 0 Å². The quantitative estimate of drug-likeness (QED) is 0.840. The van der Waals surface area contributed by atoms with Crippen LogP contribution in [-0.2, 0) is 11.3 Å². The molecule has 0 spiro atoms. The van der Waals surface area contributed by atoms with E-state index in [2.05, 4.69) is 4.74 Å². The van der Waals surface area contributed by atoms with E-state index in [4.69, 9.17) is 5.11 Å². The van der Waals surface area contributed by atoms with Crippen molar-refractivity contribution >= 4 is 5.97 Å². The Morgan fingerprint density at radius 1 is 1.39 bits per heavy atom. The third kappa shape index (κ3) is 5.38. The highest BCUT2D eigenvalue weighted by Crippen LogP contribution is 2.24. The summed E-state index contributed by atoms with van der Waals surface area (Å²) in [6.45, 7) is -0.114. The molecule has 1 saturated heterocycles. The van der Waals surface area contributed by atoms with Crippen LogP contribution in [0.2, 0.25) is 0 Å². The van der Waals surface area contributed by atoms with E-state index in [0.717, 1.165) is 18.6 Å². The summed E-state index contributed by atoms with van der Waals surface area (Å²) in [6, 6.07) is 3.77. The van der Waals surface area contributed by atoms with Gasteiger partial charge in [-0.1, -0.05) is 6.07 Å². The zero-order valence-electron chi connectivity index (χ0n) is 12.3. The topological polar surface area (TPSA) is 49.8 Å². The molecule has 0 saturated carbocycles. The van der Waals surface area contributed by atoms with E-state index in [1.54, 1.807) is 0 Å². The lowest BCUT2D eigenvalue weighted by molar-refractivity contribution is -0.153. The Balaban J connectivity index is 1.96. The molecule has 2 rings (SSSR count). The smallest absolute Gasteiger partial charge is 0.422 e. The first-order valence-corrected chi connectivity index (χ1v) is 7.18. The Morgan fingerprint density at radius 3 is 2.74 bits per heavy atom. The Morgan fingerprint density at radius 2 is 2.13 bits per heavy atom. The lowest BCUT2D eigenvalue weighted by atomic mass is 9.98. The van der Waals surface area contributed by atoms with Gasteiger partial charge in [-0.2, -0.15) is 13.2 Å². The molecule has 0 aliphatic carbocycles. The maximum atomic E-state index is 13.8. The summed E-state index contributed by atoms with van der Waals surface area (Å²) in [7, 11) is 0. The van der Waals surface area contributed by atoms with Crippen molar-refractivity contribution in [3.63, 3.8) is 0 Å². The van der Waals surface area contributed by atoms with E-state index in [0.29, 0.717) is 31.6 Å². The lowest BCUT2D eigenvalue weighted by Crippen LogP contribution is -2.38. The second-order valence-corrected chi connectivity index (χ2v) is 5.58. The van der Waals surface area contributed by atoms with Gasteiger partial charge < -0.3 is 9.84 Å². The van der Waals surface area contributed by atoms with Gasteiger partial charge in [0.2, 0.25) is 0 Å². The van der Waals surface area contributed by atoms with E-state index < -0.39 is 36.2 Å². The molecule has 1 aromatic rings. The van der Waals surface area contributed by atoms with Gasteiger partial charge in [-0.15, -0.1) is 0 Å². The van der Waals surface area contributed by atoms with Crippen LogP contribution in [0.25, 0.3) is 0 Å². The SMILES string of the molecule is O=C(O)C1CCCN(Cc2ccc(OCC(F)(F)F)c(F)c2)C1. The molecule has 1 N–H and O–H groups in total. The Kier molecular flexibility index (Phi) is 5.46. The molecular formula is C15H17F4NO3. The molecule has 4 nitrogen and oxygen atoms in total. The standard InChI is InChI=1S/C15H17F4NO3/c16-12-6-10(3-4-13(12)23-9-15(17,18)19)7-20-5-1-2-11(8-20)14(21)22/h3-4,6,11H,1-2,5,7-9H2,(H,21,22). The van der Waals surface area contributed by atoms with E-state index >= 15 is 0 Å². The number of carboxylic acid groups (broad SMARTS) is 1. The van der Waals surface area contributed by atoms with Gasteiger partial charge in [0, 0.05) is 13.1 Å². The van der Waals surface area contributed by atoms with Crippen LogP contribution in [0.5, 0.6) is 5.75 Å². The van der Waals surface area contributed by atoms with E-state index in [1.807, 2.05) is 4.90 Å². The van der Waals surface area contributed by atoms with E-state index in [1.165, 1.54) is 6.07 Å². The van der Waals surface area contributed by atoms with Crippen molar-refractivity contribution in [3.05, 3.63) is 29.6 Å². The fraction of sp³-hybridized carbons (Fsp3) is 0.533. The summed E-state index contributed by atoms with van der Waals surface area (Å²) >= 11 is 0. The highest BCUT2D eigenvalue weighted by atomic mass is 19.4. The third-order valence-corrected chi connectivity index (χ3v) is 3.65. The number of benzene rings is 1. The second-order valence-electron chi connectivity index (χ2n) is 5.58. The number of rotatable bonds is 5. The molecule has 23 heavy (non-hydrogen) atoms. The van der Waals surface area contributed by atoms with Gasteiger partial charge in [0.15, 0.2) is 18.2 Å². The minimum Gasteiger partial charge on any atom is -0.481 e. The van der Waals surface area contributed by atoms with Crippen LogP contribution in [0.4, 0.5) is 17.6 Å². The normalized spacial score (nSPS) is 19.6. The fourth-order valence-corrected chi connectivity index (χ4v) is 2.58. The predicted octanol–water partition coefficient (Wildman–Crippen LogP) is 3.06. The van der Waals surface area contributed by atoms with Gasteiger partial charge in [-0.05, 0) is 37.1 Å². The van der Waals surface area contributed by atoms with Crippen molar-refractivity contribution in [1.82, 2.24) is 4.90 Å². The molecule has 8 heteroatoms. The first-order valence-electron chi connectivity index (χ1n) is 7.18. The Bertz CT molecular complexity index is 562. The Labute approximate surface area is 130 Å². The molecule has 1 aliphatic rings. The van der Waals surface area contributed by atoms with Gasteiger partial charge in [-0.3, -0.25) is 9.69 Å². The number of likely N-dealkylation sites (tertiary alicyclic amines) is 1. The second kappa shape index (κ2) is 7.16. The molecule has 0 radical (unpaired) electrons. The molecule has 1 aromatic carbocycles. The predicted molar refractivity (Wildman–Crippen MR) is 73.6 cm³/mol. The van der Waals surface area contributed by atoms with Crippen LogP contribution in [0.15, 0.2) is 18.2 Å². The molecule has 1 heterocycles. The molecule has 128 valence electrons. The number of alkyl halides is 3. The van der Waals surface area contributed by atoms with Crippen molar-refractivity contribution in [1.29, 1.82) is 0 Å². The highest BCUT2D eigenvalue weighted by Gasteiger charge is 2.29. The first-order chi connectivity index (χ1) is 10.7. The average molecular weight is 335 g/mol. The molecular weight excluding hydrogens is 318 g/mol. The summed E-state index contributed by atoms with van der Waals surface area (Å²) in [5.41, 5.74) is 0.563. The van der Waals surface area contributed by atoms with Gasteiger partial charge >= 0.3 is 12.1 Å². The van der Waals surface area contributed by atoms with Gasteiger partial charge in [0.05, 0.1) is 5.92 Å². The molecule has 0 amide bonds. The maximum absolute atomic E-state index is 13.8. The van der Waals surface area contributed by atoms with Crippen LogP contribution < -0.4 is 4.74 Å². The number of carboxylic acids is 1. The molecule has 1 unspecified atom stereocenters. The molecule has 1 atom stereocenters. The summed E-state index contributed by atoms with van der Waals surface area (Å²) < 4.78 is 54.4. The molecule has 0 aromatic heterocycles. The van der Waals surface area contributed by atoms with Crippen molar-refractivity contribution in [3.8, 4) is 5.75 Å². The number of hydrogen-bond acceptors (Lipinski definition) is 3. The number of carbonyl (C=O) groups is 1. The summed E-state index contributed by atoms with van der Waals surface area (Å²) in [5.74, 6) is -2.61. The number of nitrogens with zero attached hydrogens (tertiary/aromatic N) is 1. The number of piperidine rings is 1. The number of halogens is 4. The first kappa shape index (κ1) is 17.5. The zero-order chi connectivity index (χ0) is 17.0. The summed E-state index contributed by atoms with van der Waals surface area (Å²) in [6.07, 6.45) is -3.17. The van der Waals surface area contributed by atoms with Crippen molar-refractivity contribution < 1.29 is 32.2 Å². The van der Waals surface area contributed by atoms with E-state index in [9.17, 15) is 22.4 Å². The molecule has 0 bridgehead atoms. The van der Waals surface area contributed by atoms with Crippen LogP contribution in [-0.4, -0.2) is 41.8 Å². The lowest BCUT2D eigenvalue weighted by Gasteiger charge is -2.30. The average Bonchev–Trinajstić information content (AvgIpc) is 2.45. The van der Waals surface area contributed by atoms with Crippen molar-refractivity contribution in [2.75, 3.05) is 19.7 Å². The molecule has 1 fully saturated rings. The summed E-state index contributed by atoms with van der Waals surface area (Å²) in [5, 5.41) is 9.03. The third-order valence-electron chi connectivity index (χ3n) is 3.65. The number of hydrogen-bond donors (Lipinski definition) is 1. The van der Waals surface area contributed by atoms with Crippen LogP contribution in [0.1, 0.15) is 18.4 Å². The van der Waals surface area contributed by atoms with Crippen molar-refractivity contribution in [2.45, 2.75) is 25.6 Å². The zero-order valence-corrected chi connectivity index (χ0v) is 12.3. The van der Waals surface area contributed by atoms with Crippen molar-refractivity contribution in [2.24, 2.45) is 5.92 Å². The largest absolute Gasteiger partial charge is 0.481 e. The van der Waals surface area contributed by atoms with Crippen LogP contribution in [0, 0.1) is 11.7 Å². The van der Waals surface area contributed by atoms with Crippen LogP contribution >= 0.6 is 0 Å². The van der Waals surface area contributed by atoms with E-state index in [-0.39, 0.29) is 0 Å². The highest BCUT2D eigenvalue weighted by molar-refractivity contribution is 5.70. The summed E-state index contributed by atoms with van der Waals surface area (Å²) in [4.78, 5) is 12.9.